The lowest BCUT2D eigenvalue weighted by atomic mass is 10.1. The van der Waals surface area contributed by atoms with Crippen molar-refractivity contribution in [3.05, 3.63) is 59.7 Å². The first-order chi connectivity index (χ1) is 10.6. The number of anilines is 2. The van der Waals surface area contributed by atoms with Crippen LogP contribution in [0.1, 0.15) is 18.1 Å². The fraction of sp³-hybridized carbons (Fsp3) is 0.167. The van der Waals surface area contributed by atoms with Crippen LogP contribution in [0.15, 0.2) is 48.5 Å². The van der Waals surface area contributed by atoms with Crippen LogP contribution >= 0.6 is 0 Å². The highest BCUT2D eigenvalue weighted by Gasteiger charge is 2.02. The summed E-state index contributed by atoms with van der Waals surface area (Å²) in [6.07, 6.45) is 3.21. The second-order valence-corrected chi connectivity index (χ2v) is 4.87. The molecular formula is C18H20N2O2. The van der Waals surface area contributed by atoms with Gasteiger partial charge >= 0.3 is 0 Å². The number of nitrogens with two attached hydrogens (primary N) is 1. The second-order valence-electron chi connectivity index (χ2n) is 4.87. The normalized spacial score (nSPS) is 10.6. The summed E-state index contributed by atoms with van der Waals surface area (Å²) in [4.78, 5) is 11.9. The summed E-state index contributed by atoms with van der Waals surface area (Å²) >= 11 is 0. The van der Waals surface area contributed by atoms with Gasteiger partial charge in [-0.05, 0) is 49.2 Å². The summed E-state index contributed by atoms with van der Waals surface area (Å²) in [6.45, 7) is 4.42. The molecule has 0 bridgehead atoms. The maximum Gasteiger partial charge on any atom is 0.248 e. The van der Waals surface area contributed by atoms with Gasteiger partial charge in [0.05, 0.1) is 12.3 Å². The summed E-state index contributed by atoms with van der Waals surface area (Å²) in [5, 5.41) is 2.85. The SMILES string of the molecule is CCOc1ccc(/C=C\C(=O)Nc2ccccc2C)cc1N. The number of para-hydroxylation sites is 1. The van der Waals surface area contributed by atoms with Crippen molar-refractivity contribution in [2.45, 2.75) is 13.8 Å². The van der Waals surface area contributed by atoms with Gasteiger partial charge in [-0.1, -0.05) is 24.3 Å². The highest BCUT2D eigenvalue weighted by molar-refractivity contribution is 6.02. The number of hydrogen-bond donors (Lipinski definition) is 2. The number of ether oxygens (including phenoxy) is 1. The number of carbonyl (C=O) groups excluding carboxylic acids is 1. The van der Waals surface area contributed by atoms with E-state index < -0.39 is 0 Å². The highest BCUT2D eigenvalue weighted by atomic mass is 16.5. The zero-order valence-electron chi connectivity index (χ0n) is 12.8. The van der Waals surface area contributed by atoms with E-state index in [1.165, 1.54) is 6.08 Å². The van der Waals surface area contributed by atoms with E-state index in [1.807, 2.05) is 44.2 Å². The molecule has 0 aliphatic rings. The average Bonchev–Trinajstić information content (AvgIpc) is 2.50. The van der Waals surface area contributed by atoms with Gasteiger partial charge < -0.3 is 15.8 Å². The van der Waals surface area contributed by atoms with Gasteiger partial charge in [-0.2, -0.15) is 0 Å². The standard InChI is InChI=1S/C18H20N2O2/c1-3-22-17-10-8-14(12-15(17)19)9-11-18(21)20-16-7-5-4-6-13(16)2/h4-12H,3,19H2,1-2H3,(H,20,21)/b11-9-. The molecule has 22 heavy (non-hydrogen) atoms. The number of rotatable bonds is 5. The summed E-state index contributed by atoms with van der Waals surface area (Å²) in [5.41, 5.74) is 9.14. The van der Waals surface area contributed by atoms with E-state index in [-0.39, 0.29) is 5.91 Å². The maximum atomic E-state index is 11.9. The molecule has 0 spiro atoms. The van der Waals surface area contributed by atoms with Crippen molar-refractivity contribution in [3.8, 4) is 5.75 Å². The first kappa shape index (κ1) is 15.6. The van der Waals surface area contributed by atoms with Gasteiger partial charge in [0.15, 0.2) is 0 Å². The van der Waals surface area contributed by atoms with Gasteiger partial charge in [0, 0.05) is 11.8 Å². The van der Waals surface area contributed by atoms with Crippen molar-refractivity contribution in [1.82, 2.24) is 0 Å². The quantitative estimate of drug-likeness (QED) is 0.654. The number of aryl methyl sites for hydroxylation is 1. The van der Waals surface area contributed by atoms with E-state index in [0.29, 0.717) is 18.0 Å². The third-order valence-electron chi connectivity index (χ3n) is 3.16. The minimum Gasteiger partial charge on any atom is -0.492 e. The molecule has 0 unspecified atom stereocenters. The van der Waals surface area contributed by atoms with Crippen LogP contribution in [0, 0.1) is 6.92 Å². The van der Waals surface area contributed by atoms with Gasteiger partial charge in [-0.15, -0.1) is 0 Å². The van der Waals surface area contributed by atoms with E-state index >= 15 is 0 Å². The third-order valence-corrected chi connectivity index (χ3v) is 3.16. The van der Waals surface area contributed by atoms with E-state index in [1.54, 1.807) is 18.2 Å². The Morgan fingerprint density at radius 1 is 1.27 bits per heavy atom. The predicted octanol–water partition coefficient (Wildman–Crippen LogP) is 3.63. The molecule has 0 aliphatic heterocycles. The Hall–Kier alpha value is -2.75. The molecule has 0 radical (unpaired) electrons. The van der Waals surface area contributed by atoms with Crippen LogP contribution in [0.5, 0.6) is 5.75 Å². The largest absolute Gasteiger partial charge is 0.492 e. The Labute approximate surface area is 130 Å². The molecule has 0 aliphatic carbocycles. The molecule has 4 nitrogen and oxygen atoms in total. The number of nitrogens with one attached hydrogen (secondary N) is 1. The molecule has 0 fully saturated rings. The topological polar surface area (TPSA) is 64.3 Å². The number of amides is 1. The summed E-state index contributed by atoms with van der Waals surface area (Å²) in [6, 6.07) is 13.1. The molecular weight excluding hydrogens is 276 g/mol. The van der Waals surface area contributed by atoms with Crippen LogP contribution in [0.4, 0.5) is 11.4 Å². The number of carbonyl (C=O) groups is 1. The Kier molecular flexibility index (Phi) is 5.20. The van der Waals surface area contributed by atoms with Crippen molar-refractivity contribution < 1.29 is 9.53 Å². The number of nitrogen functional groups attached to an aromatic ring is 1. The zero-order valence-corrected chi connectivity index (χ0v) is 12.8. The molecule has 2 rings (SSSR count). The van der Waals surface area contributed by atoms with Crippen molar-refractivity contribution in [2.24, 2.45) is 0 Å². The minimum absolute atomic E-state index is 0.179. The molecule has 3 N–H and O–H groups in total. The Morgan fingerprint density at radius 3 is 2.73 bits per heavy atom. The molecule has 0 aromatic heterocycles. The van der Waals surface area contributed by atoms with E-state index in [0.717, 1.165) is 16.8 Å². The van der Waals surface area contributed by atoms with Gasteiger partial charge in [0.1, 0.15) is 5.75 Å². The Bertz CT molecular complexity index is 693. The van der Waals surface area contributed by atoms with Gasteiger partial charge in [0.25, 0.3) is 0 Å². The van der Waals surface area contributed by atoms with Crippen molar-refractivity contribution in [3.63, 3.8) is 0 Å². The highest BCUT2D eigenvalue weighted by Crippen LogP contribution is 2.23. The minimum atomic E-state index is -0.179. The van der Waals surface area contributed by atoms with Crippen LogP contribution in [0.2, 0.25) is 0 Å². The van der Waals surface area contributed by atoms with Crippen LogP contribution in [-0.4, -0.2) is 12.5 Å². The zero-order chi connectivity index (χ0) is 15.9. The Balaban J connectivity index is 2.04. The first-order valence-electron chi connectivity index (χ1n) is 7.17. The second kappa shape index (κ2) is 7.31. The van der Waals surface area contributed by atoms with Crippen molar-refractivity contribution in [1.29, 1.82) is 0 Å². The molecule has 0 atom stereocenters. The van der Waals surface area contributed by atoms with Gasteiger partial charge in [0.2, 0.25) is 5.91 Å². The summed E-state index contributed by atoms with van der Waals surface area (Å²) in [7, 11) is 0. The smallest absolute Gasteiger partial charge is 0.248 e. The van der Waals surface area contributed by atoms with Crippen LogP contribution in [0.3, 0.4) is 0 Å². The molecule has 114 valence electrons. The van der Waals surface area contributed by atoms with E-state index in [2.05, 4.69) is 5.32 Å². The molecule has 4 heteroatoms. The lowest BCUT2D eigenvalue weighted by Gasteiger charge is -2.07. The van der Waals surface area contributed by atoms with Crippen LogP contribution in [0.25, 0.3) is 6.08 Å². The van der Waals surface area contributed by atoms with E-state index in [4.69, 9.17) is 10.5 Å². The summed E-state index contributed by atoms with van der Waals surface area (Å²) < 4.78 is 5.38. The van der Waals surface area contributed by atoms with Gasteiger partial charge in [-0.25, -0.2) is 0 Å². The van der Waals surface area contributed by atoms with Gasteiger partial charge in [-0.3, -0.25) is 4.79 Å². The van der Waals surface area contributed by atoms with Crippen molar-refractivity contribution >= 4 is 23.4 Å². The predicted molar refractivity (Wildman–Crippen MR) is 90.9 cm³/mol. The number of hydrogen-bond acceptors (Lipinski definition) is 3. The summed E-state index contributed by atoms with van der Waals surface area (Å²) in [5.74, 6) is 0.478. The van der Waals surface area contributed by atoms with Crippen LogP contribution in [-0.2, 0) is 4.79 Å². The molecule has 1 amide bonds. The monoisotopic (exact) mass is 296 g/mol. The fourth-order valence-corrected chi connectivity index (χ4v) is 2.02. The first-order valence-corrected chi connectivity index (χ1v) is 7.17. The third kappa shape index (κ3) is 4.12. The molecule has 0 heterocycles. The van der Waals surface area contributed by atoms with Crippen molar-refractivity contribution in [2.75, 3.05) is 17.7 Å². The molecule has 2 aromatic carbocycles. The maximum absolute atomic E-state index is 11.9. The average molecular weight is 296 g/mol. The number of benzene rings is 2. The molecule has 0 saturated heterocycles. The van der Waals surface area contributed by atoms with Crippen LogP contribution < -0.4 is 15.8 Å². The Morgan fingerprint density at radius 2 is 2.05 bits per heavy atom. The lowest BCUT2D eigenvalue weighted by molar-refractivity contribution is -0.111. The molecule has 2 aromatic rings. The molecule has 0 saturated carbocycles. The van der Waals surface area contributed by atoms with E-state index in [9.17, 15) is 4.79 Å². The fourth-order valence-electron chi connectivity index (χ4n) is 2.02. The lowest BCUT2D eigenvalue weighted by Crippen LogP contribution is -2.08.